The highest BCUT2D eigenvalue weighted by molar-refractivity contribution is 7.12. The Morgan fingerprint density at radius 1 is 1.47 bits per heavy atom. The van der Waals surface area contributed by atoms with Gasteiger partial charge in [0.05, 0.1) is 4.88 Å². The number of thiophene rings is 1. The molecule has 2 aliphatic carbocycles. The molecule has 2 nitrogen and oxygen atoms in total. The first kappa shape index (κ1) is 11.3. The number of hydrogen-bond acceptors (Lipinski definition) is 2. The summed E-state index contributed by atoms with van der Waals surface area (Å²) in [6.45, 7) is 2.18. The van der Waals surface area contributed by atoms with Crippen molar-refractivity contribution in [2.45, 2.75) is 38.6 Å². The lowest BCUT2D eigenvalue weighted by Gasteiger charge is -2.28. The topological polar surface area (TPSA) is 29.1 Å². The van der Waals surface area contributed by atoms with Crippen LogP contribution in [0.4, 0.5) is 0 Å². The average Bonchev–Trinajstić information content (AvgIpc) is 3.05. The van der Waals surface area contributed by atoms with Crippen LogP contribution in [-0.4, -0.2) is 11.9 Å². The number of carbonyl (C=O) groups excluding carboxylic acids is 1. The Morgan fingerprint density at radius 2 is 2.35 bits per heavy atom. The summed E-state index contributed by atoms with van der Waals surface area (Å²) < 4.78 is 0. The van der Waals surface area contributed by atoms with Crippen LogP contribution in [0.5, 0.6) is 0 Å². The summed E-state index contributed by atoms with van der Waals surface area (Å²) >= 11 is 1.52. The Bertz CT molecular complexity index is 400. The van der Waals surface area contributed by atoms with Crippen LogP contribution in [0.3, 0.4) is 0 Å². The number of carbonyl (C=O) groups is 1. The monoisotopic (exact) mass is 249 g/mol. The first-order valence-corrected chi connectivity index (χ1v) is 7.46. The molecule has 2 saturated carbocycles. The lowest BCUT2D eigenvalue weighted by atomic mass is 9.84. The van der Waals surface area contributed by atoms with E-state index in [9.17, 15) is 4.79 Å². The van der Waals surface area contributed by atoms with Gasteiger partial charge in [0.15, 0.2) is 0 Å². The van der Waals surface area contributed by atoms with E-state index < -0.39 is 0 Å². The van der Waals surface area contributed by atoms with E-state index in [-0.39, 0.29) is 5.91 Å². The molecule has 0 aliphatic heterocycles. The fourth-order valence-corrected chi connectivity index (χ4v) is 4.33. The van der Waals surface area contributed by atoms with Crippen LogP contribution in [-0.2, 0) is 0 Å². The molecule has 17 heavy (non-hydrogen) atoms. The van der Waals surface area contributed by atoms with Gasteiger partial charge in [0.2, 0.25) is 0 Å². The summed E-state index contributed by atoms with van der Waals surface area (Å²) in [5, 5.41) is 5.14. The van der Waals surface area contributed by atoms with Gasteiger partial charge in [0, 0.05) is 6.04 Å². The Labute approximate surface area is 106 Å². The molecule has 0 aromatic carbocycles. The average molecular weight is 249 g/mol. The van der Waals surface area contributed by atoms with Crippen molar-refractivity contribution < 1.29 is 4.79 Å². The van der Waals surface area contributed by atoms with Gasteiger partial charge in [-0.1, -0.05) is 12.5 Å². The zero-order chi connectivity index (χ0) is 11.8. The molecule has 1 aromatic rings. The van der Waals surface area contributed by atoms with Crippen LogP contribution < -0.4 is 5.32 Å². The second-order valence-electron chi connectivity index (χ2n) is 5.58. The van der Waals surface area contributed by atoms with Crippen LogP contribution >= 0.6 is 11.3 Å². The predicted octanol–water partition coefficient (Wildman–Crippen LogP) is 3.30. The lowest BCUT2D eigenvalue weighted by Crippen LogP contribution is -2.39. The fraction of sp³-hybridized carbons (Fsp3) is 0.643. The lowest BCUT2D eigenvalue weighted by molar-refractivity contribution is 0.0919. The Balaban J connectivity index is 1.60. The highest BCUT2D eigenvalue weighted by Crippen LogP contribution is 2.49. The maximum absolute atomic E-state index is 12.0. The molecule has 2 bridgehead atoms. The molecule has 3 heteroatoms. The van der Waals surface area contributed by atoms with Crippen molar-refractivity contribution in [2.24, 2.45) is 17.8 Å². The van der Waals surface area contributed by atoms with Gasteiger partial charge in [0.1, 0.15) is 0 Å². The van der Waals surface area contributed by atoms with E-state index in [0.29, 0.717) is 6.04 Å². The van der Waals surface area contributed by atoms with E-state index in [4.69, 9.17) is 0 Å². The van der Waals surface area contributed by atoms with Gasteiger partial charge in [-0.3, -0.25) is 4.79 Å². The molecule has 4 atom stereocenters. The molecule has 1 amide bonds. The Hall–Kier alpha value is -0.830. The number of fused-ring (bicyclic) bond motifs is 2. The molecule has 1 N–H and O–H groups in total. The molecule has 2 aliphatic rings. The first-order valence-electron chi connectivity index (χ1n) is 6.58. The van der Waals surface area contributed by atoms with Gasteiger partial charge in [0.25, 0.3) is 5.91 Å². The predicted molar refractivity (Wildman–Crippen MR) is 70.2 cm³/mol. The highest BCUT2D eigenvalue weighted by atomic mass is 32.1. The van der Waals surface area contributed by atoms with Crippen molar-refractivity contribution in [1.29, 1.82) is 0 Å². The summed E-state index contributed by atoms with van der Waals surface area (Å²) in [5.41, 5.74) is 0. The third kappa shape index (κ3) is 2.13. The van der Waals surface area contributed by atoms with Crippen molar-refractivity contribution in [3.63, 3.8) is 0 Å². The van der Waals surface area contributed by atoms with Crippen LogP contribution in [0.25, 0.3) is 0 Å². The van der Waals surface area contributed by atoms with E-state index in [2.05, 4.69) is 12.2 Å². The van der Waals surface area contributed by atoms with Gasteiger partial charge in [-0.25, -0.2) is 0 Å². The third-order valence-corrected chi connectivity index (χ3v) is 5.41. The molecule has 3 rings (SSSR count). The van der Waals surface area contributed by atoms with Gasteiger partial charge < -0.3 is 5.32 Å². The summed E-state index contributed by atoms with van der Waals surface area (Å²) in [5.74, 6) is 2.65. The fourth-order valence-electron chi connectivity index (χ4n) is 3.70. The van der Waals surface area contributed by atoms with Gasteiger partial charge in [-0.15, -0.1) is 11.3 Å². The normalized spacial score (nSPS) is 32.6. The number of rotatable bonds is 3. The minimum absolute atomic E-state index is 0.107. The Morgan fingerprint density at radius 3 is 2.94 bits per heavy atom. The zero-order valence-corrected chi connectivity index (χ0v) is 11.0. The molecule has 1 heterocycles. The zero-order valence-electron chi connectivity index (χ0n) is 10.2. The number of nitrogens with one attached hydrogen (secondary N) is 1. The molecule has 1 aromatic heterocycles. The number of amides is 1. The summed E-state index contributed by atoms with van der Waals surface area (Å²) in [4.78, 5) is 12.8. The van der Waals surface area contributed by atoms with E-state index in [0.717, 1.165) is 22.6 Å². The van der Waals surface area contributed by atoms with E-state index in [1.165, 1.54) is 37.0 Å². The Kier molecular flexibility index (Phi) is 2.95. The van der Waals surface area contributed by atoms with Crippen molar-refractivity contribution in [2.75, 3.05) is 0 Å². The molecular formula is C14H19NOS. The molecular weight excluding hydrogens is 230 g/mol. The summed E-state index contributed by atoms with van der Waals surface area (Å²) in [7, 11) is 0. The van der Waals surface area contributed by atoms with Gasteiger partial charge >= 0.3 is 0 Å². The van der Waals surface area contributed by atoms with E-state index in [1.807, 2.05) is 17.5 Å². The molecule has 2 fully saturated rings. The van der Waals surface area contributed by atoms with Crippen molar-refractivity contribution >= 4 is 17.2 Å². The second kappa shape index (κ2) is 4.45. The summed E-state index contributed by atoms with van der Waals surface area (Å²) in [6.07, 6.45) is 5.54. The van der Waals surface area contributed by atoms with Crippen molar-refractivity contribution in [1.82, 2.24) is 5.32 Å². The minimum atomic E-state index is 0.107. The summed E-state index contributed by atoms with van der Waals surface area (Å²) in [6, 6.07) is 4.16. The molecule has 0 radical (unpaired) electrons. The quantitative estimate of drug-likeness (QED) is 0.875. The SMILES string of the molecule is C[C@@H](NC(=O)c1cccs1)[C@H]1C[C@@H]2CC[C@@H]1C2. The van der Waals surface area contributed by atoms with E-state index >= 15 is 0 Å². The maximum atomic E-state index is 12.0. The third-order valence-electron chi connectivity index (χ3n) is 4.54. The van der Waals surface area contributed by atoms with Crippen LogP contribution in [0.2, 0.25) is 0 Å². The number of hydrogen-bond donors (Lipinski definition) is 1. The maximum Gasteiger partial charge on any atom is 0.261 e. The van der Waals surface area contributed by atoms with Crippen molar-refractivity contribution in [3.8, 4) is 0 Å². The molecule has 92 valence electrons. The first-order chi connectivity index (χ1) is 8.24. The van der Waals surface area contributed by atoms with Crippen molar-refractivity contribution in [3.05, 3.63) is 22.4 Å². The highest BCUT2D eigenvalue weighted by Gasteiger charge is 2.42. The van der Waals surface area contributed by atoms with Crippen LogP contribution in [0.15, 0.2) is 17.5 Å². The van der Waals surface area contributed by atoms with E-state index in [1.54, 1.807) is 0 Å². The minimum Gasteiger partial charge on any atom is -0.349 e. The molecule has 0 saturated heterocycles. The second-order valence-corrected chi connectivity index (χ2v) is 6.53. The smallest absolute Gasteiger partial charge is 0.261 e. The van der Waals surface area contributed by atoms with Crippen LogP contribution in [0, 0.1) is 17.8 Å². The van der Waals surface area contributed by atoms with Crippen LogP contribution in [0.1, 0.15) is 42.3 Å². The largest absolute Gasteiger partial charge is 0.349 e. The van der Waals surface area contributed by atoms with Gasteiger partial charge in [-0.05, 0) is 55.4 Å². The molecule has 0 spiro atoms. The standard InChI is InChI=1S/C14H19NOS/c1-9(12-8-10-4-5-11(12)7-10)15-14(16)13-3-2-6-17-13/h2-3,6,9-12H,4-5,7-8H2,1H3,(H,15,16)/t9-,10-,11-,12-/m1/s1. The molecule has 0 unspecified atom stereocenters. The van der Waals surface area contributed by atoms with Gasteiger partial charge in [-0.2, -0.15) is 0 Å².